The number of allylic oxidation sites excluding steroid dienone is 2. The summed E-state index contributed by atoms with van der Waals surface area (Å²) >= 11 is 8.47. The van der Waals surface area contributed by atoms with Crippen molar-refractivity contribution >= 4 is 77.0 Å². The van der Waals surface area contributed by atoms with Gasteiger partial charge in [0.2, 0.25) is 0 Å². The van der Waals surface area contributed by atoms with Gasteiger partial charge in [0.05, 0.1) is 0 Å². The Morgan fingerprint density at radius 3 is 1.59 bits per heavy atom. The van der Waals surface area contributed by atoms with Crippen LogP contribution in [0, 0.1) is 22.7 Å². The molecule has 22 heavy (non-hydrogen) atoms. The molecule has 0 amide bonds. The Kier molecular flexibility index (Phi) is 8.47. The molecule has 2 aliphatic heterocycles. The van der Waals surface area contributed by atoms with Crippen LogP contribution in [0.15, 0.2) is 25.9 Å². The van der Waals surface area contributed by atoms with Gasteiger partial charge in [-0.05, 0) is 0 Å². The molecule has 0 aromatic carbocycles. The first-order valence-electron chi connectivity index (χ1n) is 6.52. The SMILES string of the molecule is CC1=C(C)SC(=C2SC([Se]CCC#N)=C([Se]CCC#N)S2)S1. The van der Waals surface area contributed by atoms with Gasteiger partial charge in [0, 0.05) is 0 Å². The molecule has 0 atom stereocenters. The van der Waals surface area contributed by atoms with Crippen molar-refractivity contribution < 1.29 is 0 Å². The Labute approximate surface area is 161 Å². The van der Waals surface area contributed by atoms with Crippen molar-refractivity contribution in [3.05, 3.63) is 25.9 Å². The van der Waals surface area contributed by atoms with E-state index in [-0.39, 0.29) is 0 Å². The second-order valence-corrected chi connectivity index (χ2v) is 15.0. The number of hydrogen-bond acceptors (Lipinski definition) is 6. The first-order valence-corrected chi connectivity index (χ1v) is 13.9. The van der Waals surface area contributed by atoms with Crippen LogP contribution in [0.25, 0.3) is 0 Å². The first kappa shape index (κ1) is 19.0. The van der Waals surface area contributed by atoms with Gasteiger partial charge in [-0.2, -0.15) is 0 Å². The third kappa shape index (κ3) is 5.33. The van der Waals surface area contributed by atoms with E-state index in [0.29, 0.717) is 42.8 Å². The van der Waals surface area contributed by atoms with E-state index in [4.69, 9.17) is 10.5 Å². The van der Waals surface area contributed by atoms with Crippen molar-refractivity contribution in [3.8, 4) is 12.1 Å². The fourth-order valence-corrected chi connectivity index (χ4v) is 14.2. The van der Waals surface area contributed by atoms with E-state index in [1.165, 1.54) is 25.9 Å². The average molecular weight is 496 g/mol. The van der Waals surface area contributed by atoms with E-state index < -0.39 is 0 Å². The van der Waals surface area contributed by atoms with Crippen LogP contribution >= 0.6 is 47.0 Å². The zero-order chi connectivity index (χ0) is 15.9. The van der Waals surface area contributed by atoms with Gasteiger partial charge < -0.3 is 0 Å². The van der Waals surface area contributed by atoms with Crippen LogP contribution < -0.4 is 0 Å². The van der Waals surface area contributed by atoms with Gasteiger partial charge in [-0.15, -0.1) is 0 Å². The first-order chi connectivity index (χ1) is 10.7. The van der Waals surface area contributed by atoms with Crippen LogP contribution in [-0.2, 0) is 0 Å². The number of nitrogens with zero attached hydrogens (tertiary/aromatic N) is 2. The molecule has 0 saturated heterocycles. The van der Waals surface area contributed by atoms with Crippen molar-refractivity contribution in [2.24, 2.45) is 0 Å². The summed E-state index contributed by atoms with van der Waals surface area (Å²) in [5, 5.41) is 19.5. The van der Waals surface area contributed by atoms with Gasteiger partial charge >= 0.3 is 163 Å². The molecule has 8 heteroatoms. The second kappa shape index (κ2) is 9.82. The molecular formula is C14H14N2S4Se2. The van der Waals surface area contributed by atoms with Gasteiger partial charge in [0.15, 0.2) is 0 Å². The van der Waals surface area contributed by atoms with Crippen molar-refractivity contribution in [1.82, 2.24) is 0 Å². The monoisotopic (exact) mass is 498 g/mol. The molecule has 0 aromatic heterocycles. The van der Waals surface area contributed by atoms with Crippen molar-refractivity contribution in [2.45, 2.75) is 37.3 Å². The summed E-state index contributed by atoms with van der Waals surface area (Å²) in [7, 11) is 0. The maximum absolute atomic E-state index is 8.74. The molecule has 0 N–H and O–H groups in total. The minimum absolute atomic E-state index is 0.408. The van der Waals surface area contributed by atoms with Crippen molar-refractivity contribution in [2.75, 3.05) is 0 Å². The number of thioether (sulfide) groups is 4. The molecule has 0 radical (unpaired) electrons. The standard InChI is InChI=1S/C14H14N2S4Se2/c1-9-10(2)18-11(17-9)12-19-13(21-7-3-5-15)14(20-12)22-8-4-6-16/h3-4,7-8H2,1-2H3. The molecule has 2 heterocycles. The van der Waals surface area contributed by atoms with Gasteiger partial charge in [-0.1, -0.05) is 0 Å². The molecule has 2 nitrogen and oxygen atoms in total. The van der Waals surface area contributed by atoms with Gasteiger partial charge in [-0.3, -0.25) is 0 Å². The van der Waals surface area contributed by atoms with Gasteiger partial charge in [0.1, 0.15) is 0 Å². The van der Waals surface area contributed by atoms with Gasteiger partial charge in [0.25, 0.3) is 0 Å². The molecule has 0 fully saturated rings. The minimum atomic E-state index is 0.408. The van der Waals surface area contributed by atoms with Crippen molar-refractivity contribution in [1.29, 1.82) is 10.5 Å². The second-order valence-electron chi connectivity index (χ2n) is 4.18. The summed E-state index contributed by atoms with van der Waals surface area (Å²) in [6, 6.07) is 4.50. The summed E-state index contributed by atoms with van der Waals surface area (Å²) in [5.74, 6) is 0. The van der Waals surface area contributed by atoms with Gasteiger partial charge in [-0.25, -0.2) is 0 Å². The molecule has 0 aliphatic carbocycles. The predicted molar refractivity (Wildman–Crippen MR) is 104 cm³/mol. The molecule has 116 valence electrons. The van der Waals surface area contributed by atoms with E-state index in [1.54, 1.807) is 0 Å². The molecular weight excluding hydrogens is 482 g/mol. The Morgan fingerprint density at radius 1 is 0.773 bits per heavy atom. The van der Waals surface area contributed by atoms with Crippen LogP contribution in [0.1, 0.15) is 26.7 Å². The molecule has 2 rings (SSSR count). The van der Waals surface area contributed by atoms with E-state index in [0.717, 1.165) is 10.6 Å². The van der Waals surface area contributed by atoms with Crippen LogP contribution in [0.2, 0.25) is 10.6 Å². The molecule has 0 bridgehead atoms. The molecule has 2 aliphatic rings. The molecule has 0 saturated carbocycles. The summed E-state index contributed by atoms with van der Waals surface area (Å²) in [5.41, 5.74) is 0. The Bertz CT molecular complexity index is 576. The summed E-state index contributed by atoms with van der Waals surface area (Å²) in [6.45, 7) is 4.38. The zero-order valence-electron chi connectivity index (χ0n) is 12.2. The average Bonchev–Trinajstić information content (AvgIpc) is 3.04. The Morgan fingerprint density at radius 2 is 1.18 bits per heavy atom. The van der Waals surface area contributed by atoms with E-state index >= 15 is 0 Å². The van der Waals surface area contributed by atoms with Crippen LogP contribution in [0.4, 0.5) is 0 Å². The third-order valence-corrected chi connectivity index (χ3v) is 15.1. The third-order valence-electron chi connectivity index (χ3n) is 2.59. The fourth-order valence-electron chi connectivity index (χ4n) is 1.44. The van der Waals surface area contributed by atoms with E-state index in [1.807, 2.05) is 47.0 Å². The Balaban J connectivity index is 2.04. The van der Waals surface area contributed by atoms with E-state index in [9.17, 15) is 0 Å². The summed E-state index contributed by atoms with van der Waals surface area (Å²) in [6.07, 6.45) is 1.31. The van der Waals surface area contributed by atoms with Crippen LogP contribution in [0.5, 0.6) is 0 Å². The van der Waals surface area contributed by atoms with Crippen LogP contribution in [0.3, 0.4) is 0 Å². The summed E-state index contributed by atoms with van der Waals surface area (Å²) in [4.78, 5) is 2.82. The van der Waals surface area contributed by atoms with Crippen LogP contribution in [-0.4, -0.2) is 29.9 Å². The number of nitriles is 2. The molecule has 0 aromatic rings. The Hall–Kier alpha value is 0.639. The van der Waals surface area contributed by atoms with Crippen molar-refractivity contribution in [3.63, 3.8) is 0 Å². The maximum atomic E-state index is 8.74. The van der Waals surface area contributed by atoms with E-state index in [2.05, 4.69) is 26.0 Å². The fraction of sp³-hybridized carbons (Fsp3) is 0.429. The predicted octanol–water partition coefficient (Wildman–Crippen LogP) is 5.52. The number of hydrogen-bond donors (Lipinski definition) is 0. The normalized spacial score (nSPS) is 18.2. The molecule has 0 spiro atoms. The number of rotatable bonds is 6. The topological polar surface area (TPSA) is 47.6 Å². The summed E-state index contributed by atoms with van der Waals surface area (Å²) < 4.78 is 5.87. The zero-order valence-corrected chi connectivity index (χ0v) is 18.9. The quantitative estimate of drug-likeness (QED) is 0.356. The molecule has 0 unspecified atom stereocenters.